The van der Waals surface area contributed by atoms with Gasteiger partial charge in [0, 0.05) is 12.7 Å². The molecule has 0 saturated carbocycles. The second kappa shape index (κ2) is 3.76. The average molecular weight is 176 g/mol. The number of carbonyl (C=O) groups is 2. The second-order valence-electron chi connectivity index (χ2n) is 2.97. The molecule has 0 unspecified atom stereocenters. The highest BCUT2D eigenvalue weighted by molar-refractivity contribution is 8.13. The molecule has 0 atom stereocenters. The first kappa shape index (κ1) is 10.5. The van der Waals surface area contributed by atoms with Crippen LogP contribution < -0.4 is 0 Å². The molecule has 4 heteroatoms. The Balaban J connectivity index is 3.92. The van der Waals surface area contributed by atoms with Crippen LogP contribution in [-0.2, 0) is 9.59 Å². The molecule has 0 bridgehead atoms. The number of hydrogen-bond donors (Lipinski definition) is 1. The number of rotatable bonds is 3. The summed E-state index contributed by atoms with van der Waals surface area (Å²) in [6.45, 7) is 4.64. The van der Waals surface area contributed by atoms with Gasteiger partial charge in [-0.25, -0.2) is 0 Å². The highest BCUT2D eigenvalue weighted by Crippen LogP contribution is 2.21. The standard InChI is InChI=1S/C7H12O3S/c1-5(8)11-4-7(2,3)6(9)10/h4H2,1-3H3,(H,9,10). The SMILES string of the molecule is CC(=O)SCC(C)(C)C(=O)O. The van der Waals surface area contributed by atoms with Crippen LogP contribution in [0, 0.1) is 5.41 Å². The van der Waals surface area contributed by atoms with E-state index in [0.29, 0.717) is 5.75 Å². The molecule has 3 nitrogen and oxygen atoms in total. The molecule has 11 heavy (non-hydrogen) atoms. The van der Waals surface area contributed by atoms with Crippen molar-refractivity contribution >= 4 is 22.8 Å². The minimum absolute atomic E-state index is 0.0423. The van der Waals surface area contributed by atoms with Crippen LogP contribution in [0.5, 0.6) is 0 Å². The highest BCUT2D eigenvalue weighted by atomic mass is 32.2. The average Bonchev–Trinajstić information content (AvgIpc) is 1.84. The lowest BCUT2D eigenvalue weighted by Gasteiger charge is -2.16. The molecule has 0 spiro atoms. The molecule has 0 radical (unpaired) electrons. The summed E-state index contributed by atoms with van der Waals surface area (Å²) >= 11 is 1.05. The Kier molecular flexibility index (Phi) is 3.58. The first-order valence-corrected chi connectivity index (χ1v) is 4.21. The van der Waals surface area contributed by atoms with Crippen LogP contribution >= 0.6 is 11.8 Å². The summed E-state index contributed by atoms with van der Waals surface area (Å²) < 4.78 is 0. The molecule has 0 aromatic heterocycles. The molecule has 0 saturated heterocycles. The first-order valence-electron chi connectivity index (χ1n) is 3.23. The number of carboxylic acid groups (broad SMARTS) is 1. The Labute approximate surface area is 70.2 Å². The van der Waals surface area contributed by atoms with Crippen molar-refractivity contribution in [2.24, 2.45) is 5.41 Å². The van der Waals surface area contributed by atoms with E-state index in [9.17, 15) is 9.59 Å². The zero-order chi connectivity index (χ0) is 9.07. The molecule has 0 rings (SSSR count). The van der Waals surface area contributed by atoms with Crippen LogP contribution in [0.25, 0.3) is 0 Å². The van der Waals surface area contributed by atoms with Crippen molar-refractivity contribution in [3.63, 3.8) is 0 Å². The number of thioether (sulfide) groups is 1. The third-order valence-electron chi connectivity index (χ3n) is 1.22. The van der Waals surface area contributed by atoms with E-state index >= 15 is 0 Å². The van der Waals surface area contributed by atoms with Gasteiger partial charge in [-0.1, -0.05) is 11.8 Å². The molecule has 0 aromatic rings. The molecule has 1 N–H and O–H groups in total. The topological polar surface area (TPSA) is 54.4 Å². The molecule has 0 heterocycles. The summed E-state index contributed by atoms with van der Waals surface area (Å²) in [6.07, 6.45) is 0. The fraction of sp³-hybridized carbons (Fsp3) is 0.714. The predicted molar refractivity (Wildman–Crippen MR) is 44.6 cm³/mol. The summed E-state index contributed by atoms with van der Waals surface area (Å²) in [4.78, 5) is 21.0. The van der Waals surface area contributed by atoms with Crippen molar-refractivity contribution in [3.05, 3.63) is 0 Å². The molecule has 0 aliphatic heterocycles. The molecule has 0 fully saturated rings. The maximum atomic E-state index is 10.5. The molecule has 64 valence electrons. The van der Waals surface area contributed by atoms with E-state index in [-0.39, 0.29) is 5.12 Å². The zero-order valence-corrected chi connectivity index (χ0v) is 7.70. The van der Waals surface area contributed by atoms with Gasteiger partial charge in [-0.2, -0.15) is 0 Å². The lowest BCUT2D eigenvalue weighted by molar-refractivity contribution is -0.145. The maximum absolute atomic E-state index is 10.5. The van der Waals surface area contributed by atoms with Gasteiger partial charge in [0.1, 0.15) is 0 Å². The van der Waals surface area contributed by atoms with Gasteiger partial charge in [-0.15, -0.1) is 0 Å². The van der Waals surface area contributed by atoms with Gasteiger partial charge in [0.15, 0.2) is 5.12 Å². The number of carboxylic acids is 1. The second-order valence-corrected chi connectivity index (χ2v) is 4.12. The van der Waals surface area contributed by atoms with E-state index in [0.717, 1.165) is 11.8 Å². The summed E-state index contributed by atoms with van der Waals surface area (Å²) in [5.41, 5.74) is -0.809. The van der Waals surface area contributed by atoms with Crippen molar-refractivity contribution < 1.29 is 14.7 Å². The van der Waals surface area contributed by atoms with Crippen molar-refractivity contribution in [2.45, 2.75) is 20.8 Å². The van der Waals surface area contributed by atoms with Crippen LogP contribution in [0.2, 0.25) is 0 Å². The van der Waals surface area contributed by atoms with Crippen LogP contribution in [0.15, 0.2) is 0 Å². The number of aliphatic carboxylic acids is 1. The normalized spacial score (nSPS) is 11.2. The summed E-state index contributed by atoms with van der Waals surface area (Å²) in [7, 11) is 0. The van der Waals surface area contributed by atoms with Gasteiger partial charge in [-0.3, -0.25) is 9.59 Å². The van der Waals surface area contributed by atoms with Gasteiger partial charge >= 0.3 is 5.97 Å². The van der Waals surface area contributed by atoms with E-state index in [2.05, 4.69) is 0 Å². The smallest absolute Gasteiger partial charge is 0.309 e. The molecule has 0 amide bonds. The van der Waals surface area contributed by atoms with Crippen molar-refractivity contribution in [1.82, 2.24) is 0 Å². The van der Waals surface area contributed by atoms with Crippen molar-refractivity contribution in [3.8, 4) is 0 Å². The highest BCUT2D eigenvalue weighted by Gasteiger charge is 2.27. The Morgan fingerprint density at radius 1 is 1.45 bits per heavy atom. The van der Waals surface area contributed by atoms with Gasteiger partial charge in [0.25, 0.3) is 0 Å². The number of hydrogen-bond acceptors (Lipinski definition) is 3. The zero-order valence-electron chi connectivity index (χ0n) is 6.88. The van der Waals surface area contributed by atoms with Crippen LogP contribution in [0.1, 0.15) is 20.8 Å². The maximum Gasteiger partial charge on any atom is 0.309 e. The van der Waals surface area contributed by atoms with E-state index < -0.39 is 11.4 Å². The van der Waals surface area contributed by atoms with Gasteiger partial charge in [-0.05, 0) is 13.8 Å². The Morgan fingerprint density at radius 2 is 1.91 bits per heavy atom. The third kappa shape index (κ3) is 4.03. The molecule has 0 aliphatic carbocycles. The fourth-order valence-electron chi connectivity index (χ4n) is 0.344. The third-order valence-corrected chi connectivity index (χ3v) is 2.49. The van der Waals surface area contributed by atoms with Crippen LogP contribution in [-0.4, -0.2) is 21.9 Å². The van der Waals surface area contributed by atoms with Crippen molar-refractivity contribution in [2.75, 3.05) is 5.75 Å². The van der Waals surface area contributed by atoms with Crippen LogP contribution in [0.4, 0.5) is 0 Å². The minimum atomic E-state index is -0.869. The van der Waals surface area contributed by atoms with Gasteiger partial charge in [0.2, 0.25) is 0 Å². The monoisotopic (exact) mass is 176 g/mol. The lowest BCUT2D eigenvalue weighted by atomic mass is 9.97. The molecular formula is C7H12O3S. The summed E-state index contributed by atoms with van der Waals surface area (Å²) in [5.74, 6) is -0.538. The number of carbonyl (C=O) groups excluding carboxylic acids is 1. The summed E-state index contributed by atoms with van der Waals surface area (Å²) in [5, 5.41) is 8.59. The Hall–Kier alpha value is -0.510. The largest absolute Gasteiger partial charge is 0.481 e. The van der Waals surface area contributed by atoms with Gasteiger partial charge < -0.3 is 5.11 Å². The molecular weight excluding hydrogens is 164 g/mol. The fourth-order valence-corrected chi connectivity index (χ4v) is 1.03. The molecule has 0 aromatic carbocycles. The first-order chi connectivity index (χ1) is 4.86. The van der Waals surface area contributed by atoms with E-state index in [1.165, 1.54) is 6.92 Å². The lowest BCUT2D eigenvalue weighted by Crippen LogP contribution is -2.26. The predicted octanol–water partition coefficient (Wildman–Crippen LogP) is 1.38. The Bertz CT molecular complexity index is 175. The van der Waals surface area contributed by atoms with E-state index in [1.54, 1.807) is 13.8 Å². The van der Waals surface area contributed by atoms with Crippen LogP contribution in [0.3, 0.4) is 0 Å². The van der Waals surface area contributed by atoms with E-state index in [4.69, 9.17) is 5.11 Å². The van der Waals surface area contributed by atoms with Crippen molar-refractivity contribution in [1.29, 1.82) is 0 Å². The van der Waals surface area contributed by atoms with E-state index in [1.807, 2.05) is 0 Å². The quantitative estimate of drug-likeness (QED) is 0.705. The molecule has 0 aliphatic rings. The minimum Gasteiger partial charge on any atom is -0.481 e. The summed E-state index contributed by atoms with van der Waals surface area (Å²) in [6, 6.07) is 0. The van der Waals surface area contributed by atoms with Gasteiger partial charge in [0.05, 0.1) is 5.41 Å². The Morgan fingerprint density at radius 3 is 2.18 bits per heavy atom.